The van der Waals surface area contributed by atoms with Crippen LogP contribution in [0.15, 0.2) is 4.99 Å². The van der Waals surface area contributed by atoms with E-state index in [1.54, 1.807) is 0 Å². The molecule has 2 atom stereocenters. The fraction of sp³-hybridized carbons (Fsp3) is 0.857. The number of hydrogen-bond donors (Lipinski definition) is 1. The first-order chi connectivity index (χ1) is 4.70. The highest BCUT2D eigenvalue weighted by molar-refractivity contribution is 5.82. The third-order valence-electron chi connectivity index (χ3n) is 1.82. The summed E-state index contributed by atoms with van der Waals surface area (Å²) in [6.07, 6.45) is 0.437. The van der Waals surface area contributed by atoms with Gasteiger partial charge < -0.3 is 5.73 Å². The molecule has 58 valence electrons. The summed E-state index contributed by atoms with van der Waals surface area (Å²) in [4.78, 5) is 4.11. The molecule has 0 aromatic rings. The van der Waals surface area contributed by atoms with Gasteiger partial charge in [-0.25, -0.2) is 4.39 Å². The van der Waals surface area contributed by atoms with E-state index in [2.05, 4.69) is 4.99 Å². The second-order valence-electron chi connectivity index (χ2n) is 2.79. The third kappa shape index (κ3) is 1.77. The molecule has 0 bridgehead atoms. The van der Waals surface area contributed by atoms with Gasteiger partial charge in [-0.15, -0.1) is 0 Å². The van der Waals surface area contributed by atoms with Crippen LogP contribution in [0.5, 0.6) is 0 Å². The van der Waals surface area contributed by atoms with Crippen LogP contribution in [0, 0.1) is 0 Å². The number of halogens is 1. The van der Waals surface area contributed by atoms with Crippen LogP contribution in [-0.2, 0) is 0 Å². The van der Waals surface area contributed by atoms with E-state index in [1.165, 1.54) is 0 Å². The van der Waals surface area contributed by atoms with Gasteiger partial charge in [-0.2, -0.15) is 0 Å². The van der Waals surface area contributed by atoms with Crippen molar-refractivity contribution >= 4 is 5.71 Å². The molecule has 2 N–H and O–H groups in total. The fourth-order valence-corrected chi connectivity index (χ4v) is 1.02. The minimum atomic E-state index is -0.860. The van der Waals surface area contributed by atoms with Gasteiger partial charge >= 0.3 is 0 Å². The summed E-state index contributed by atoms with van der Waals surface area (Å²) in [5.41, 5.74) is 6.48. The Kier molecular flexibility index (Phi) is 2.38. The topological polar surface area (TPSA) is 38.4 Å². The second kappa shape index (κ2) is 3.10. The average molecular weight is 144 g/mol. The van der Waals surface area contributed by atoms with Crippen molar-refractivity contribution in [2.24, 2.45) is 10.7 Å². The van der Waals surface area contributed by atoms with Gasteiger partial charge in [0.25, 0.3) is 0 Å². The average Bonchev–Trinajstić information content (AvgIpc) is 2.04. The summed E-state index contributed by atoms with van der Waals surface area (Å²) in [5, 5.41) is 0. The van der Waals surface area contributed by atoms with Crippen LogP contribution in [0.4, 0.5) is 4.39 Å². The predicted octanol–water partition coefficient (Wildman–Crippen LogP) is 0.906. The van der Waals surface area contributed by atoms with Gasteiger partial charge in [0.15, 0.2) is 0 Å². The summed E-state index contributed by atoms with van der Waals surface area (Å²) in [7, 11) is 0. The number of aliphatic imine (C=N–C) groups is 1. The van der Waals surface area contributed by atoms with Crippen molar-refractivity contribution in [2.75, 3.05) is 6.54 Å². The van der Waals surface area contributed by atoms with Gasteiger partial charge in [-0.3, -0.25) is 4.99 Å². The van der Waals surface area contributed by atoms with E-state index in [0.29, 0.717) is 13.0 Å². The maximum atomic E-state index is 12.8. The van der Waals surface area contributed by atoms with Gasteiger partial charge in [0, 0.05) is 5.71 Å². The van der Waals surface area contributed by atoms with Crippen LogP contribution in [0.3, 0.4) is 0 Å². The van der Waals surface area contributed by atoms with Crippen LogP contribution in [0.2, 0.25) is 0 Å². The molecular weight excluding hydrogens is 131 g/mol. The van der Waals surface area contributed by atoms with E-state index in [-0.39, 0.29) is 6.04 Å². The molecule has 0 fully saturated rings. The Balaban J connectivity index is 2.52. The van der Waals surface area contributed by atoms with Crippen LogP contribution in [0.25, 0.3) is 0 Å². The van der Waals surface area contributed by atoms with Crippen molar-refractivity contribution in [2.45, 2.75) is 32.0 Å². The number of hydrogen-bond acceptors (Lipinski definition) is 2. The molecule has 1 heterocycles. The highest BCUT2D eigenvalue weighted by Gasteiger charge is 2.18. The van der Waals surface area contributed by atoms with Crippen molar-refractivity contribution in [3.63, 3.8) is 0 Å². The summed E-state index contributed by atoms with van der Waals surface area (Å²) < 4.78 is 12.8. The molecule has 3 heteroatoms. The summed E-state index contributed by atoms with van der Waals surface area (Å²) in [6, 6.07) is -0.377. The summed E-state index contributed by atoms with van der Waals surface area (Å²) in [5.74, 6) is 0. The Labute approximate surface area is 60.3 Å². The van der Waals surface area contributed by atoms with Gasteiger partial charge in [-0.1, -0.05) is 0 Å². The van der Waals surface area contributed by atoms with Crippen molar-refractivity contribution in [1.82, 2.24) is 0 Å². The predicted molar refractivity (Wildman–Crippen MR) is 40.1 cm³/mol. The maximum absolute atomic E-state index is 12.8. The lowest BCUT2D eigenvalue weighted by atomic mass is 10.1. The molecule has 0 saturated heterocycles. The molecule has 0 amide bonds. The molecule has 2 nitrogen and oxygen atoms in total. The first kappa shape index (κ1) is 7.66. The lowest BCUT2D eigenvalue weighted by molar-refractivity contribution is 0.276. The van der Waals surface area contributed by atoms with Crippen molar-refractivity contribution < 1.29 is 4.39 Å². The number of alkyl halides is 1. The number of nitrogens with zero attached hydrogens (tertiary/aromatic N) is 1. The van der Waals surface area contributed by atoms with E-state index in [1.807, 2.05) is 6.92 Å². The molecule has 0 aromatic carbocycles. The SMILES string of the molecule is CC1=NCC(N)C(F)CC1. The van der Waals surface area contributed by atoms with Crippen molar-refractivity contribution in [3.8, 4) is 0 Å². The van der Waals surface area contributed by atoms with E-state index in [0.717, 1.165) is 12.1 Å². The Morgan fingerprint density at radius 1 is 1.70 bits per heavy atom. The van der Waals surface area contributed by atoms with Gasteiger partial charge in [0.05, 0.1) is 12.6 Å². The van der Waals surface area contributed by atoms with E-state index < -0.39 is 6.17 Å². The van der Waals surface area contributed by atoms with Crippen LogP contribution >= 0.6 is 0 Å². The van der Waals surface area contributed by atoms with Gasteiger partial charge in [0.1, 0.15) is 6.17 Å². The monoisotopic (exact) mass is 144 g/mol. The normalized spacial score (nSPS) is 34.9. The van der Waals surface area contributed by atoms with Crippen LogP contribution in [0.1, 0.15) is 19.8 Å². The standard InChI is InChI=1S/C7H13FN2/c1-5-2-3-6(8)7(9)4-10-5/h6-7H,2-4,9H2,1H3. The zero-order valence-electron chi connectivity index (χ0n) is 6.18. The molecule has 2 unspecified atom stereocenters. The van der Waals surface area contributed by atoms with Gasteiger partial charge in [0.2, 0.25) is 0 Å². The van der Waals surface area contributed by atoms with E-state index in [4.69, 9.17) is 5.73 Å². The molecule has 0 saturated carbocycles. The third-order valence-corrected chi connectivity index (χ3v) is 1.82. The maximum Gasteiger partial charge on any atom is 0.117 e. The number of rotatable bonds is 0. The molecule has 0 radical (unpaired) electrons. The molecule has 0 aromatic heterocycles. The van der Waals surface area contributed by atoms with Crippen molar-refractivity contribution in [1.29, 1.82) is 0 Å². The zero-order chi connectivity index (χ0) is 7.56. The number of nitrogens with two attached hydrogens (primary N) is 1. The summed E-state index contributed by atoms with van der Waals surface area (Å²) in [6.45, 7) is 2.37. The Bertz CT molecular complexity index is 145. The molecular formula is C7H13FN2. The quantitative estimate of drug-likeness (QED) is 0.539. The Morgan fingerprint density at radius 3 is 3.10 bits per heavy atom. The fourth-order valence-electron chi connectivity index (χ4n) is 1.02. The minimum Gasteiger partial charge on any atom is -0.324 e. The molecule has 1 aliphatic rings. The molecule has 10 heavy (non-hydrogen) atoms. The largest absolute Gasteiger partial charge is 0.324 e. The first-order valence-electron chi connectivity index (χ1n) is 3.59. The molecule has 0 spiro atoms. The zero-order valence-corrected chi connectivity index (χ0v) is 6.18. The highest BCUT2D eigenvalue weighted by Crippen LogP contribution is 2.10. The van der Waals surface area contributed by atoms with E-state index >= 15 is 0 Å². The lowest BCUT2D eigenvalue weighted by Crippen LogP contribution is -2.33. The molecule has 0 aliphatic carbocycles. The second-order valence-corrected chi connectivity index (χ2v) is 2.79. The Hall–Kier alpha value is -0.440. The van der Waals surface area contributed by atoms with Crippen molar-refractivity contribution in [3.05, 3.63) is 0 Å². The van der Waals surface area contributed by atoms with Crippen LogP contribution < -0.4 is 5.73 Å². The van der Waals surface area contributed by atoms with Gasteiger partial charge in [-0.05, 0) is 19.8 Å². The molecule has 1 aliphatic heterocycles. The summed E-state index contributed by atoms with van der Waals surface area (Å²) >= 11 is 0. The lowest BCUT2D eigenvalue weighted by Gasteiger charge is -2.09. The Morgan fingerprint density at radius 2 is 2.40 bits per heavy atom. The van der Waals surface area contributed by atoms with E-state index in [9.17, 15) is 4.39 Å². The minimum absolute atomic E-state index is 0.377. The molecule has 1 rings (SSSR count). The smallest absolute Gasteiger partial charge is 0.117 e. The van der Waals surface area contributed by atoms with Crippen LogP contribution in [-0.4, -0.2) is 24.5 Å². The highest BCUT2D eigenvalue weighted by atomic mass is 19.1. The first-order valence-corrected chi connectivity index (χ1v) is 3.59.